The predicted molar refractivity (Wildman–Crippen MR) is 73.5 cm³/mol. The molecule has 4 nitrogen and oxygen atoms in total. The van der Waals surface area contributed by atoms with E-state index in [2.05, 4.69) is 52.5 Å². The normalized spacial score (nSPS) is 20.3. The van der Waals surface area contributed by atoms with Gasteiger partial charge >= 0.3 is 0 Å². The summed E-state index contributed by atoms with van der Waals surface area (Å²) >= 11 is 0. The van der Waals surface area contributed by atoms with Gasteiger partial charge in [0, 0.05) is 37.1 Å². The maximum Gasteiger partial charge on any atom is 0.0695 e. The van der Waals surface area contributed by atoms with Crippen molar-refractivity contribution in [3.63, 3.8) is 0 Å². The van der Waals surface area contributed by atoms with E-state index in [4.69, 9.17) is 0 Å². The molecule has 1 aromatic heterocycles. The lowest BCUT2D eigenvalue weighted by atomic mass is 10.0. The molecule has 1 fully saturated rings. The molecular weight excluding hydrogens is 224 g/mol. The zero-order chi connectivity index (χ0) is 12.6. The van der Waals surface area contributed by atoms with Gasteiger partial charge in [-0.3, -0.25) is 10.00 Å². The van der Waals surface area contributed by atoms with Gasteiger partial charge in [0.1, 0.15) is 0 Å². The van der Waals surface area contributed by atoms with Crippen LogP contribution in [0.3, 0.4) is 0 Å². The van der Waals surface area contributed by atoms with Crippen LogP contribution in [-0.4, -0.2) is 40.3 Å². The first-order chi connectivity index (χ1) is 8.64. The number of aromatic amines is 1. The fourth-order valence-electron chi connectivity index (χ4n) is 2.78. The van der Waals surface area contributed by atoms with Gasteiger partial charge in [0.15, 0.2) is 0 Å². The molecule has 0 bridgehead atoms. The van der Waals surface area contributed by atoms with Crippen molar-refractivity contribution in [3.8, 4) is 0 Å². The molecule has 1 aromatic carbocycles. The van der Waals surface area contributed by atoms with Gasteiger partial charge in [0.2, 0.25) is 0 Å². The van der Waals surface area contributed by atoms with E-state index >= 15 is 0 Å². The predicted octanol–water partition coefficient (Wildman–Crippen LogP) is 1.75. The number of nitrogens with zero attached hydrogens (tertiary/aromatic N) is 2. The fourth-order valence-corrected chi connectivity index (χ4v) is 2.78. The number of piperazine rings is 1. The first kappa shape index (κ1) is 11.7. The lowest BCUT2D eigenvalue weighted by molar-refractivity contribution is 0.149. The minimum Gasteiger partial charge on any atom is -0.309 e. The Morgan fingerprint density at radius 3 is 3.11 bits per heavy atom. The van der Waals surface area contributed by atoms with Gasteiger partial charge in [-0.15, -0.1) is 0 Å². The van der Waals surface area contributed by atoms with Gasteiger partial charge < -0.3 is 5.32 Å². The number of fused-ring (bicyclic) bond motifs is 1. The van der Waals surface area contributed by atoms with E-state index in [-0.39, 0.29) is 5.54 Å². The van der Waals surface area contributed by atoms with Crippen molar-refractivity contribution >= 4 is 10.9 Å². The van der Waals surface area contributed by atoms with Gasteiger partial charge in [-0.05, 0) is 19.4 Å². The van der Waals surface area contributed by atoms with E-state index in [0.29, 0.717) is 0 Å². The van der Waals surface area contributed by atoms with Gasteiger partial charge in [0.25, 0.3) is 0 Å². The third-order valence-corrected chi connectivity index (χ3v) is 3.61. The molecule has 2 N–H and O–H groups in total. The van der Waals surface area contributed by atoms with E-state index in [0.717, 1.165) is 26.2 Å². The quantitative estimate of drug-likeness (QED) is 0.846. The highest BCUT2D eigenvalue weighted by molar-refractivity contribution is 5.81. The molecule has 0 radical (unpaired) electrons. The molecule has 1 saturated heterocycles. The number of rotatable bonds is 2. The van der Waals surface area contributed by atoms with E-state index in [1.807, 2.05) is 6.20 Å². The molecule has 0 unspecified atom stereocenters. The van der Waals surface area contributed by atoms with Crippen molar-refractivity contribution in [2.75, 3.05) is 19.6 Å². The number of aromatic nitrogens is 2. The van der Waals surface area contributed by atoms with Crippen molar-refractivity contribution in [2.45, 2.75) is 25.9 Å². The molecule has 0 amide bonds. The van der Waals surface area contributed by atoms with Crippen molar-refractivity contribution in [3.05, 3.63) is 30.0 Å². The number of nitrogens with one attached hydrogen (secondary N) is 2. The van der Waals surface area contributed by atoms with Crippen molar-refractivity contribution < 1.29 is 0 Å². The summed E-state index contributed by atoms with van der Waals surface area (Å²) in [4.78, 5) is 2.51. The van der Waals surface area contributed by atoms with Crippen molar-refractivity contribution in [2.24, 2.45) is 0 Å². The maximum absolute atomic E-state index is 4.13. The number of benzene rings is 1. The van der Waals surface area contributed by atoms with Crippen LogP contribution in [0.15, 0.2) is 24.4 Å². The number of hydrogen-bond acceptors (Lipinski definition) is 3. The third kappa shape index (κ3) is 2.26. The minimum atomic E-state index is 0.208. The van der Waals surface area contributed by atoms with Gasteiger partial charge in [-0.25, -0.2) is 0 Å². The lowest BCUT2D eigenvalue weighted by Crippen LogP contribution is -2.56. The minimum absolute atomic E-state index is 0.208. The first-order valence-electron chi connectivity index (χ1n) is 6.52. The zero-order valence-corrected chi connectivity index (χ0v) is 11.0. The molecule has 18 heavy (non-hydrogen) atoms. The van der Waals surface area contributed by atoms with Crippen LogP contribution in [0.2, 0.25) is 0 Å². The van der Waals surface area contributed by atoms with Crippen LogP contribution in [0, 0.1) is 0 Å². The van der Waals surface area contributed by atoms with Crippen LogP contribution >= 0.6 is 0 Å². The fraction of sp³-hybridized carbons (Fsp3) is 0.500. The molecule has 0 saturated carbocycles. The second kappa shape index (κ2) is 4.37. The third-order valence-electron chi connectivity index (χ3n) is 3.61. The lowest BCUT2D eigenvalue weighted by Gasteiger charge is -2.39. The molecule has 3 rings (SSSR count). The summed E-state index contributed by atoms with van der Waals surface area (Å²) in [7, 11) is 0. The van der Waals surface area contributed by atoms with Crippen LogP contribution in [0.1, 0.15) is 19.4 Å². The van der Waals surface area contributed by atoms with Crippen LogP contribution in [-0.2, 0) is 6.54 Å². The smallest absolute Gasteiger partial charge is 0.0695 e. The number of hydrogen-bond donors (Lipinski definition) is 2. The van der Waals surface area contributed by atoms with Crippen LogP contribution in [0.4, 0.5) is 0 Å². The zero-order valence-electron chi connectivity index (χ0n) is 11.0. The molecule has 2 heterocycles. The highest BCUT2D eigenvalue weighted by atomic mass is 15.2. The van der Waals surface area contributed by atoms with Gasteiger partial charge in [-0.1, -0.05) is 18.2 Å². The van der Waals surface area contributed by atoms with E-state index in [1.165, 1.54) is 16.5 Å². The van der Waals surface area contributed by atoms with Crippen LogP contribution in [0.25, 0.3) is 10.9 Å². The molecule has 2 aromatic rings. The van der Waals surface area contributed by atoms with Crippen molar-refractivity contribution in [1.29, 1.82) is 0 Å². The monoisotopic (exact) mass is 244 g/mol. The molecule has 96 valence electrons. The Labute approximate surface area is 107 Å². The number of H-pyrrole nitrogens is 1. The molecular formula is C14H20N4. The van der Waals surface area contributed by atoms with E-state index in [1.54, 1.807) is 0 Å². The molecule has 1 aliphatic heterocycles. The summed E-state index contributed by atoms with van der Waals surface area (Å²) in [6.07, 6.45) is 1.89. The second-order valence-electron chi connectivity index (χ2n) is 5.77. The van der Waals surface area contributed by atoms with Gasteiger partial charge in [-0.2, -0.15) is 5.10 Å². The average Bonchev–Trinajstić information content (AvgIpc) is 2.77. The summed E-state index contributed by atoms with van der Waals surface area (Å²) in [5.74, 6) is 0. The maximum atomic E-state index is 4.13. The Hall–Kier alpha value is -1.39. The summed E-state index contributed by atoms with van der Waals surface area (Å²) < 4.78 is 0. The van der Waals surface area contributed by atoms with Crippen molar-refractivity contribution in [1.82, 2.24) is 20.4 Å². The highest BCUT2D eigenvalue weighted by Crippen LogP contribution is 2.19. The topological polar surface area (TPSA) is 44.0 Å². The largest absolute Gasteiger partial charge is 0.309 e. The Bertz CT molecular complexity index is 543. The average molecular weight is 244 g/mol. The molecule has 4 heteroatoms. The Morgan fingerprint density at radius 1 is 1.39 bits per heavy atom. The second-order valence-corrected chi connectivity index (χ2v) is 5.77. The standard InChI is InChI=1S/C14H20N4/c1-14(2)10-18(7-6-15-14)9-12-5-3-4-11-8-16-17-13(11)12/h3-5,8,15H,6-7,9-10H2,1-2H3,(H,16,17). The molecule has 1 aliphatic rings. The van der Waals surface area contributed by atoms with E-state index in [9.17, 15) is 0 Å². The summed E-state index contributed by atoms with van der Waals surface area (Å²) in [6, 6.07) is 6.40. The SMILES string of the molecule is CC1(C)CN(Cc2cccc3cn[nH]c23)CCN1. The first-order valence-corrected chi connectivity index (χ1v) is 6.52. The Morgan fingerprint density at radius 2 is 2.28 bits per heavy atom. The summed E-state index contributed by atoms with van der Waals surface area (Å²) in [5.41, 5.74) is 2.72. The summed E-state index contributed by atoms with van der Waals surface area (Å²) in [5, 5.41) is 12.0. The summed E-state index contributed by atoms with van der Waals surface area (Å²) in [6.45, 7) is 8.76. The highest BCUT2D eigenvalue weighted by Gasteiger charge is 2.25. The molecule has 0 atom stereocenters. The van der Waals surface area contributed by atoms with Crippen LogP contribution < -0.4 is 5.32 Å². The molecule has 0 spiro atoms. The Balaban J connectivity index is 1.82. The number of para-hydroxylation sites is 1. The van der Waals surface area contributed by atoms with Gasteiger partial charge in [0.05, 0.1) is 11.7 Å². The van der Waals surface area contributed by atoms with E-state index < -0.39 is 0 Å². The molecule has 0 aliphatic carbocycles. The van der Waals surface area contributed by atoms with Crippen LogP contribution in [0.5, 0.6) is 0 Å². The Kier molecular flexibility index (Phi) is 2.84.